The van der Waals surface area contributed by atoms with Crippen LogP contribution in [0.5, 0.6) is 0 Å². The van der Waals surface area contributed by atoms with Gasteiger partial charge >= 0.3 is 6.03 Å². The molecule has 1 atom stereocenters. The third-order valence-electron chi connectivity index (χ3n) is 3.99. The maximum absolute atomic E-state index is 13.5. The van der Waals surface area contributed by atoms with Crippen molar-refractivity contribution in [3.05, 3.63) is 36.0 Å². The Morgan fingerprint density at radius 3 is 2.82 bits per heavy atom. The molecule has 1 aromatic carbocycles. The number of para-hydroxylation sites is 1. The number of hydrogen-bond donors (Lipinski definition) is 1. The number of benzene rings is 1. The van der Waals surface area contributed by atoms with Crippen LogP contribution in [-0.4, -0.2) is 51.5 Å². The van der Waals surface area contributed by atoms with Crippen molar-refractivity contribution in [2.45, 2.75) is 18.6 Å². The molecular formula is C17H16FN5O4S. The van der Waals surface area contributed by atoms with Crippen molar-refractivity contribution in [1.82, 2.24) is 15.1 Å². The van der Waals surface area contributed by atoms with E-state index in [1.165, 1.54) is 25.2 Å². The number of carbonyl (C=O) groups is 3. The summed E-state index contributed by atoms with van der Waals surface area (Å²) in [6, 6.07) is 5.22. The van der Waals surface area contributed by atoms with Crippen molar-refractivity contribution in [1.29, 1.82) is 0 Å². The number of halogens is 1. The van der Waals surface area contributed by atoms with Crippen LogP contribution in [0.1, 0.15) is 12.8 Å². The van der Waals surface area contributed by atoms with Gasteiger partial charge in [0.05, 0.1) is 17.4 Å². The fraction of sp³-hybridized carbons (Fsp3) is 0.294. The zero-order valence-corrected chi connectivity index (χ0v) is 15.8. The van der Waals surface area contributed by atoms with Gasteiger partial charge in [0.2, 0.25) is 17.7 Å². The fourth-order valence-corrected chi connectivity index (χ4v) is 3.06. The number of thioether (sulfide) groups is 1. The summed E-state index contributed by atoms with van der Waals surface area (Å²) in [4.78, 5) is 40.4. The first-order chi connectivity index (χ1) is 13.3. The highest BCUT2D eigenvalue weighted by molar-refractivity contribution is 7.99. The van der Waals surface area contributed by atoms with Gasteiger partial charge in [-0.05, 0) is 19.1 Å². The molecular weight excluding hydrogens is 389 g/mol. The topological polar surface area (TPSA) is 118 Å². The van der Waals surface area contributed by atoms with Crippen molar-refractivity contribution in [2.24, 2.45) is 10.9 Å². The lowest BCUT2D eigenvalue weighted by Crippen LogP contribution is -2.44. The molecule has 2 aromatic rings. The van der Waals surface area contributed by atoms with E-state index in [0.29, 0.717) is 5.71 Å². The molecule has 0 aliphatic carbocycles. The summed E-state index contributed by atoms with van der Waals surface area (Å²) in [5, 5.41) is 10.3. The fourth-order valence-electron chi connectivity index (χ4n) is 2.48. The van der Waals surface area contributed by atoms with E-state index in [1.54, 1.807) is 13.0 Å². The number of nitrogens with zero attached hydrogens (tertiary/aromatic N) is 4. The molecule has 0 fully saturated rings. The van der Waals surface area contributed by atoms with Gasteiger partial charge in [-0.15, -0.1) is 10.2 Å². The quantitative estimate of drug-likeness (QED) is 0.732. The van der Waals surface area contributed by atoms with E-state index in [4.69, 9.17) is 4.42 Å². The number of anilines is 1. The summed E-state index contributed by atoms with van der Waals surface area (Å²) < 4.78 is 19.0. The van der Waals surface area contributed by atoms with Crippen LogP contribution in [-0.2, 0) is 16.0 Å². The lowest BCUT2D eigenvalue weighted by Gasteiger charge is -2.24. The average molecular weight is 405 g/mol. The first-order valence-electron chi connectivity index (χ1n) is 8.21. The third kappa shape index (κ3) is 4.42. The Morgan fingerprint density at radius 1 is 1.32 bits per heavy atom. The Morgan fingerprint density at radius 2 is 2.07 bits per heavy atom. The first kappa shape index (κ1) is 19.7. The van der Waals surface area contributed by atoms with Gasteiger partial charge in [-0.3, -0.25) is 14.5 Å². The molecule has 1 N–H and O–H groups in total. The van der Waals surface area contributed by atoms with E-state index in [2.05, 4.69) is 20.5 Å². The van der Waals surface area contributed by atoms with Gasteiger partial charge in [0.15, 0.2) is 0 Å². The average Bonchev–Trinajstić information content (AvgIpc) is 3.11. The van der Waals surface area contributed by atoms with Crippen molar-refractivity contribution in [3.63, 3.8) is 0 Å². The number of hydrogen-bond acceptors (Lipinski definition) is 7. The predicted octanol–water partition coefficient (Wildman–Crippen LogP) is 2.15. The number of imide groups is 1. The number of aromatic nitrogens is 2. The van der Waals surface area contributed by atoms with E-state index in [0.717, 1.165) is 16.7 Å². The molecule has 146 valence electrons. The van der Waals surface area contributed by atoms with E-state index < -0.39 is 29.6 Å². The second kappa shape index (κ2) is 8.30. The Bertz CT molecular complexity index is 961. The molecule has 9 nitrogen and oxygen atoms in total. The van der Waals surface area contributed by atoms with Crippen molar-refractivity contribution >= 4 is 41.0 Å². The molecule has 0 spiro atoms. The summed E-state index contributed by atoms with van der Waals surface area (Å²) in [6.45, 7) is 1.59. The second-order valence-electron chi connectivity index (χ2n) is 5.97. The number of carbonyl (C=O) groups excluding carboxylic acids is 3. The Balaban J connectivity index is 1.56. The standard InChI is InChI=1S/C17H16FN5O4S/c1-9-10(15(25)23(2)16(26)19-9)7-14-21-22-17(27-14)28-8-13(24)20-12-6-4-3-5-11(12)18/h3-6,10H,7-8H2,1-2H3,(H,20,24). The molecule has 0 radical (unpaired) electrons. The highest BCUT2D eigenvalue weighted by Gasteiger charge is 2.34. The number of urea groups is 1. The molecule has 1 aliphatic rings. The number of nitrogens with one attached hydrogen (secondary N) is 1. The summed E-state index contributed by atoms with van der Waals surface area (Å²) in [6.07, 6.45) is 0.0980. The Kier molecular flexibility index (Phi) is 5.83. The number of amides is 4. The SMILES string of the molecule is CC1=NC(=O)N(C)C(=O)C1Cc1nnc(SCC(=O)Nc2ccccc2F)o1. The van der Waals surface area contributed by atoms with Crippen LogP contribution in [0.3, 0.4) is 0 Å². The van der Waals surface area contributed by atoms with Crippen LogP contribution in [0.2, 0.25) is 0 Å². The maximum Gasteiger partial charge on any atom is 0.349 e. The molecule has 11 heteroatoms. The molecule has 0 saturated carbocycles. The number of aliphatic imine (C=N–C) groups is 1. The van der Waals surface area contributed by atoms with Gasteiger partial charge in [-0.1, -0.05) is 23.9 Å². The van der Waals surface area contributed by atoms with Crippen LogP contribution in [0.15, 0.2) is 38.9 Å². The predicted molar refractivity (Wildman–Crippen MR) is 98.5 cm³/mol. The molecule has 1 aliphatic heterocycles. The molecule has 3 rings (SSSR count). The van der Waals surface area contributed by atoms with Crippen LogP contribution < -0.4 is 5.32 Å². The monoisotopic (exact) mass is 405 g/mol. The van der Waals surface area contributed by atoms with Crippen molar-refractivity contribution in [3.8, 4) is 0 Å². The van der Waals surface area contributed by atoms with Crippen LogP contribution >= 0.6 is 11.8 Å². The lowest BCUT2D eigenvalue weighted by atomic mass is 9.97. The Hall–Kier alpha value is -3.08. The van der Waals surface area contributed by atoms with Crippen LogP contribution in [0.4, 0.5) is 14.9 Å². The minimum atomic E-state index is -0.662. The molecule has 1 unspecified atom stereocenters. The van der Waals surface area contributed by atoms with E-state index in [1.807, 2.05) is 0 Å². The van der Waals surface area contributed by atoms with Gasteiger partial charge in [-0.25, -0.2) is 14.2 Å². The molecule has 28 heavy (non-hydrogen) atoms. The van der Waals surface area contributed by atoms with Gasteiger partial charge in [-0.2, -0.15) is 0 Å². The van der Waals surface area contributed by atoms with Gasteiger partial charge in [0.1, 0.15) is 5.82 Å². The van der Waals surface area contributed by atoms with Crippen molar-refractivity contribution < 1.29 is 23.2 Å². The highest BCUT2D eigenvalue weighted by atomic mass is 32.2. The highest BCUT2D eigenvalue weighted by Crippen LogP contribution is 2.21. The third-order valence-corrected chi connectivity index (χ3v) is 4.81. The minimum Gasteiger partial charge on any atom is -0.416 e. The largest absolute Gasteiger partial charge is 0.416 e. The van der Waals surface area contributed by atoms with Crippen LogP contribution in [0, 0.1) is 11.7 Å². The summed E-state index contributed by atoms with van der Waals surface area (Å²) in [5.41, 5.74) is 0.466. The molecule has 0 saturated heterocycles. The van der Waals surface area contributed by atoms with E-state index >= 15 is 0 Å². The molecule has 2 heterocycles. The maximum atomic E-state index is 13.5. The summed E-state index contributed by atoms with van der Waals surface area (Å²) in [5.74, 6) is -1.89. The van der Waals surface area contributed by atoms with Gasteiger partial charge < -0.3 is 9.73 Å². The molecule has 1 aromatic heterocycles. The normalized spacial score (nSPS) is 16.9. The first-order valence-corrected chi connectivity index (χ1v) is 9.20. The Labute approximate surface area is 163 Å². The number of rotatable bonds is 6. The van der Waals surface area contributed by atoms with E-state index in [9.17, 15) is 18.8 Å². The minimum absolute atomic E-state index is 0.0595. The molecule has 0 bridgehead atoms. The lowest BCUT2D eigenvalue weighted by molar-refractivity contribution is -0.129. The zero-order valence-electron chi connectivity index (χ0n) is 15.0. The second-order valence-corrected chi connectivity index (χ2v) is 6.89. The summed E-state index contributed by atoms with van der Waals surface area (Å²) in [7, 11) is 1.36. The van der Waals surface area contributed by atoms with Crippen molar-refractivity contribution in [2.75, 3.05) is 18.1 Å². The zero-order chi connectivity index (χ0) is 20.3. The van der Waals surface area contributed by atoms with Gasteiger partial charge in [0, 0.05) is 19.2 Å². The van der Waals surface area contributed by atoms with Gasteiger partial charge in [0.25, 0.3) is 5.22 Å². The molecule has 4 amide bonds. The smallest absolute Gasteiger partial charge is 0.349 e. The van der Waals surface area contributed by atoms with E-state index in [-0.39, 0.29) is 29.0 Å². The summed E-state index contributed by atoms with van der Waals surface area (Å²) >= 11 is 0.985. The van der Waals surface area contributed by atoms with Crippen LogP contribution in [0.25, 0.3) is 0 Å².